The fourth-order valence-corrected chi connectivity index (χ4v) is 5.21. The lowest BCUT2D eigenvalue weighted by Crippen LogP contribution is -2.49. The number of aliphatic hydroxyl groups excluding tert-OH is 2. The fraction of sp³-hybridized carbons (Fsp3) is 0.259. The van der Waals surface area contributed by atoms with Gasteiger partial charge in [-0.25, -0.2) is 4.98 Å². The van der Waals surface area contributed by atoms with E-state index in [1.54, 1.807) is 0 Å². The number of carbonyl (C=O) groups is 2. The maximum absolute atomic E-state index is 13.2. The molecule has 3 heterocycles. The monoisotopic (exact) mass is 517 g/mol. The number of carbonyl (C=O) groups excluding carboxylic acids is 2. The maximum Gasteiger partial charge on any atom is 0.257 e. The number of rotatable bonds is 6. The first kappa shape index (κ1) is 24.8. The summed E-state index contributed by atoms with van der Waals surface area (Å²) >= 11 is 1.48. The molecule has 1 aliphatic heterocycles. The number of aromatic nitrogens is 2. The zero-order valence-corrected chi connectivity index (χ0v) is 21.1. The van der Waals surface area contributed by atoms with Crippen molar-refractivity contribution in [3.05, 3.63) is 71.1 Å². The second-order valence-corrected chi connectivity index (χ2v) is 10.1. The Bertz CT molecular complexity index is 1420. The lowest BCUT2D eigenvalue weighted by molar-refractivity contribution is -0.125. The molecule has 10 heteroatoms. The van der Waals surface area contributed by atoms with Crippen LogP contribution in [0.15, 0.2) is 60.7 Å². The van der Waals surface area contributed by atoms with Gasteiger partial charge in [0.15, 0.2) is 6.10 Å². The zero-order chi connectivity index (χ0) is 25.9. The van der Waals surface area contributed by atoms with E-state index in [2.05, 4.69) is 20.2 Å². The number of benzene rings is 2. The first-order valence-corrected chi connectivity index (χ1v) is 12.8. The Balaban J connectivity index is 1.30. The molecule has 1 fully saturated rings. The van der Waals surface area contributed by atoms with Crippen molar-refractivity contribution in [1.82, 2.24) is 14.9 Å². The van der Waals surface area contributed by atoms with Crippen molar-refractivity contribution in [1.29, 1.82) is 0 Å². The molecule has 2 amide bonds. The molecule has 1 aliphatic rings. The standard InChI is InChI=1S/C27H27N5O4S/c1-17-15-21-23(28-27(30-25(21)37-17)29-24(35)22(34)16-33)31-11-13-32(14-12-31)26(36)20-9-7-19(8-10-20)18-5-3-2-4-6-18/h2-10,15,22,33-34H,11-14,16H2,1H3,(H,28,29,30,35)/t22-/m0/s1. The first-order valence-electron chi connectivity index (χ1n) is 12.0. The van der Waals surface area contributed by atoms with Gasteiger partial charge in [0, 0.05) is 36.6 Å². The Morgan fingerprint density at radius 3 is 2.35 bits per heavy atom. The van der Waals surface area contributed by atoms with E-state index >= 15 is 0 Å². The smallest absolute Gasteiger partial charge is 0.257 e. The molecular weight excluding hydrogens is 490 g/mol. The van der Waals surface area contributed by atoms with Crippen molar-refractivity contribution in [2.24, 2.45) is 0 Å². The summed E-state index contributed by atoms with van der Waals surface area (Å²) in [6, 6.07) is 19.7. The molecule has 1 saturated heterocycles. The molecule has 37 heavy (non-hydrogen) atoms. The predicted molar refractivity (Wildman–Crippen MR) is 144 cm³/mol. The Labute approximate surface area is 218 Å². The zero-order valence-electron chi connectivity index (χ0n) is 20.3. The largest absolute Gasteiger partial charge is 0.393 e. The van der Waals surface area contributed by atoms with E-state index in [-0.39, 0.29) is 11.9 Å². The van der Waals surface area contributed by atoms with Crippen LogP contribution in [0.4, 0.5) is 11.8 Å². The predicted octanol–water partition coefficient (Wildman–Crippen LogP) is 2.92. The molecule has 0 unspecified atom stereocenters. The summed E-state index contributed by atoms with van der Waals surface area (Å²) in [6.45, 7) is 3.48. The van der Waals surface area contributed by atoms with Gasteiger partial charge in [-0.2, -0.15) is 4.98 Å². The highest BCUT2D eigenvalue weighted by Crippen LogP contribution is 2.32. The molecule has 0 aliphatic carbocycles. The van der Waals surface area contributed by atoms with Gasteiger partial charge in [-0.1, -0.05) is 42.5 Å². The maximum atomic E-state index is 13.2. The molecule has 0 radical (unpaired) electrons. The highest BCUT2D eigenvalue weighted by molar-refractivity contribution is 7.18. The number of hydrogen-bond acceptors (Lipinski definition) is 8. The van der Waals surface area contributed by atoms with Gasteiger partial charge in [0.05, 0.1) is 12.0 Å². The number of piperazine rings is 1. The van der Waals surface area contributed by atoms with Crippen molar-refractivity contribution in [3.63, 3.8) is 0 Å². The van der Waals surface area contributed by atoms with E-state index in [1.807, 2.05) is 72.5 Å². The SMILES string of the molecule is Cc1cc2c(N3CCN(C(=O)c4ccc(-c5ccccc5)cc4)CC3)nc(NC(=O)[C@@H](O)CO)nc2s1. The first-order chi connectivity index (χ1) is 17.9. The normalized spacial score (nSPS) is 14.6. The van der Waals surface area contributed by atoms with Crippen molar-refractivity contribution in [3.8, 4) is 11.1 Å². The van der Waals surface area contributed by atoms with Gasteiger partial charge in [0.2, 0.25) is 5.95 Å². The van der Waals surface area contributed by atoms with Crippen LogP contribution < -0.4 is 10.2 Å². The molecule has 9 nitrogen and oxygen atoms in total. The van der Waals surface area contributed by atoms with Gasteiger partial charge in [0.25, 0.3) is 11.8 Å². The average Bonchev–Trinajstić information content (AvgIpc) is 3.32. The van der Waals surface area contributed by atoms with Crippen LogP contribution in [0, 0.1) is 6.92 Å². The van der Waals surface area contributed by atoms with Gasteiger partial charge in [-0.05, 0) is 36.2 Å². The summed E-state index contributed by atoms with van der Waals surface area (Å²) in [5.74, 6) is -0.0412. The van der Waals surface area contributed by atoms with Gasteiger partial charge in [-0.3, -0.25) is 14.9 Å². The summed E-state index contributed by atoms with van der Waals surface area (Å²) in [5.41, 5.74) is 2.82. The van der Waals surface area contributed by atoms with E-state index < -0.39 is 18.6 Å². The topological polar surface area (TPSA) is 119 Å². The van der Waals surface area contributed by atoms with Crippen molar-refractivity contribution < 1.29 is 19.8 Å². The van der Waals surface area contributed by atoms with Crippen LogP contribution in [0.1, 0.15) is 15.2 Å². The third kappa shape index (κ3) is 5.31. The lowest BCUT2D eigenvalue weighted by Gasteiger charge is -2.35. The number of amides is 2. The van der Waals surface area contributed by atoms with Gasteiger partial charge < -0.3 is 20.0 Å². The summed E-state index contributed by atoms with van der Waals surface area (Å²) in [6.07, 6.45) is -1.55. The number of aryl methyl sites for hydroxylation is 1. The number of aliphatic hydroxyl groups is 2. The minimum Gasteiger partial charge on any atom is -0.393 e. The molecule has 1 atom stereocenters. The number of nitrogens with one attached hydrogen (secondary N) is 1. The molecule has 190 valence electrons. The quantitative estimate of drug-likeness (QED) is 0.360. The minimum atomic E-state index is -1.55. The number of hydrogen-bond donors (Lipinski definition) is 3. The van der Waals surface area contributed by atoms with E-state index in [1.165, 1.54) is 11.3 Å². The molecular formula is C27H27N5O4S. The third-order valence-electron chi connectivity index (χ3n) is 6.31. The second kappa shape index (κ2) is 10.6. The average molecular weight is 518 g/mol. The van der Waals surface area contributed by atoms with Gasteiger partial charge >= 0.3 is 0 Å². The van der Waals surface area contributed by atoms with E-state index in [0.29, 0.717) is 42.4 Å². The molecule has 0 spiro atoms. The highest BCUT2D eigenvalue weighted by Gasteiger charge is 2.26. The lowest BCUT2D eigenvalue weighted by atomic mass is 10.0. The van der Waals surface area contributed by atoms with Crippen LogP contribution in [0.25, 0.3) is 21.3 Å². The third-order valence-corrected chi connectivity index (χ3v) is 7.26. The van der Waals surface area contributed by atoms with Crippen molar-refractivity contribution in [2.75, 3.05) is 43.0 Å². The number of thiophene rings is 1. The molecule has 0 bridgehead atoms. The highest BCUT2D eigenvalue weighted by atomic mass is 32.1. The van der Waals surface area contributed by atoms with Gasteiger partial charge in [0.1, 0.15) is 10.6 Å². The van der Waals surface area contributed by atoms with E-state index in [4.69, 9.17) is 5.11 Å². The summed E-state index contributed by atoms with van der Waals surface area (Å²) in [4.78, 5) is 39.9. The van der Waals surface area contributed by atoms with Crippen LogP contribution in [0.3, 0.4) is 0 Å². The Hall–Kier alpha value is -3.86. The molecule has 4 aromatic rings. The Kier molecular flexibility index (Phi) is 7.13. The van der Waals surface area contributed by atoms with Crippen LogP contribution >= 0.6 is 11.3 Å². The van der Waals surface area contributed by atoms with Crippen molar-refractivity contribution in [2.45, 2.75) is 13.0 Å². The van der Waals surface area contributed by atoms with E-state index in [0.717, 1.165) is 21.4 Å². The van der Waals surface area contributed by atoms with Crippen molar-refractivity contribution >= 4 is 45.1 Å². The van der Waals surface area contributed by atoms with Crippen LogP contribution in [-0.4, -0.2) is 75.8 Å². The van der Waals surface area contributed by atoms with Crippen LogP contribution in [-0.2, 0) is 4.79 Å². The van der Waals surface area contributed by atoms with Crippen LogP contribution in [0.5, 0.6) is 0 Å². The minimum absolute atomic E-state index is 0.00980. The summed E-state index contributed by atoms with van der Waals surface area (Å²) in [5, 5.41) is 22.0. The number of anilines is 2. The summed E-state index contributed by atoms with van der Waals surface area (Å²) in [7, 11) is 0. The number of nitrogens with zero attached hydrogens (tertiary/aromatic N) is 4. The van der Waals surface area contributed by atoms with E-state index in [9.17, 15) is 14.7 Å². The molecule has 5 rings (SSSR count). The Morgan fingerprint density at radius 1 is 1.00 bits per heavy atom. The van der Waals surface area contributed by atoms with Gasteiger partial charge in [-0.15, -0.1) is 11.3 Å². The molecule has 2 aromatic carbocycles. The summed E-state index contributed by atoms with van der Waals surface area (Å²) < 4.78 is 0. The number of fused-ring (bicyclic) bond motifs is 1. The molecule has 3 N–H and O–H groups in total. The molecule has 0 saturated carbocycles. The fourth-order valence-electron chi connectivity index (χ4n) is 4.34. The van der Waals surface area contributed by atoms with Crippen LogP contribution in [0.2, 0.25) is 0 Å². The Morgan fingerprint density at radius 2 is 1.68 bits per heavy atom. The second-order valence-electron chi connectivity index (χ2n) is 8.86. The molecule has 2 aromatic heterocycles.